The topological polar surface area (TPSA) is 56.5 Å². The van der Waals surface area contributed by atoms with Gasteiger partial charge in [0.05, 0.1) is 25.3 Å². The summed E-state index contributed by atoms with van der Waals surface area (Å²) in [4.78, 5) is 0. The summed E-state index contributed by atoms with van der Waals surface area (Å²) in [7, 11) is 3.03. The zero-order valence-corrected chi connectivity index (χ0v) is 12.4. The highest BCUT2D eigenvalue weighted by atomic mass is 35.5. The van der Waals surface area contributed by atoms with E-state index in [9.17, 15) is 4.39 Å². The Hall–Kier alpha value is -1.82. The number of halogens is 2. The number of hydrazine groups is 1. The van der Waals surface area contributed by atoms with E-state index in [4.69, 9.17) is 26.9 Å². The Bertz CT molecular complexity index is 637. The lowest BCUT2D eigenvalue weighted by molar-refractivity contribution is 0.354. The number of methoxy groups -OCH3 is 2. The van der Waals surface area contributed by atoms with E-state index >= 15 is 0 Å². The van der Waals surface area contributed by atoms with Crippen molar-refractivity contribution in [1.29, 1.82) is 0 Å². The van der Waals surface area contributed by atoms with Crippen molar-refractivity contribution in [3.05, 3.63) is 58.4 Å². The van der Waals surface area contributed by atoms with Crippen LogP contribution in [0.3, 0.4) is 0 Å². The Morgan fingerprint density at radius 1 is 1.14 bits per heavy atom. The fourth-order valence-electron chi connectivity index (χ4n) is 2.18. The van der Waals surface area contributed by atoms with Gasteiger partial charge in [-0.25, -0.2) is 9.82 Å². The maximum atomic E-state index is 13.4. The average molecular weight is 311 g/mol. The first-order valence-corrected chi connectivity index (χ1v) is 6.61. The molecule has 0 fully saturated rings. The molecular weight excluding hydrogens is 295 g/mol. The lowest BCUT2D eigenvalue weighted by Gasteiger charge is -2.19. The van der Waals surface area contributed by atoms with Gasteiger partial charge < -0.3 is 9.47 Å². The summed E-state index contributed by atoms with van der Waals surface area (Å²) >= 11 is 6.19. The first-order chi connectivity index (χ1) is 10.1. The summed E-state index contributed by atoms with van der Waals surface area (Å²) in [5.74, 6) is 6.20. The predicted octanol–water partition coefficient (Wildman–Crippen LogP) is 3.05. The molecule has 1 atom stereocenters. The van der Waals surface area contributed by atoms with Crippen molar-refractivity contribution in [2.45, 2.75) is 6.04 Å². The van der Waals surface area contributed by atoms with Crippen molar-refractivity contribution in [3.8, 4) is 11.5 Å². The Kier molecular flexibility index (Phi) is 5.01. The monoisotopic (exact) mass is 310 g/mol. The number of benzene rings is 2. The van der Waals surface area contributed by atoms with E-state index in [-0.39, 0.29) is 5.82 Å². The highest BCUT2D eigenvalue weighted by molar-refractivity contribution is 6.32. The number of rotatable bonds is 5. The zero-order chi connectivity index (χ0) is 15.4. The molecule has 0 saturated heterocycles. The van der Waals surface area contributed by atoms with Crippen molar-refractivity contribution in [2.75, 3.05) is 14.2 Å². The van der Waals surface area contributed by atoms with E-state index in [1.807, 2.05) is 0 Å². The van der Waals surface area contributed by atoms with Crippen LogP contribution in [0.4, 0.5) is 4.39 Å². The Balaban J connectivity index is 2.50. The third-order valence-corrected chi connectivity index (χ3v) is 3.42. The average Bonchev–Trinajstić information content (AvgIpc) is 2.47. The summed E-state index contributed by atoms with van der Waals surface area (Å²) < 4.78 is 23.8. The second-order valence-electron chi connectivity index (χ2n) is 4.39. The van der Waals surface area contributed by atoms with Gasteiger partial charge in [0.25, 0.3) is 0 Å². The first-order valence-electron chi connectivity index (χ1n) is 6.23. The van der Waals surface area contributed by atoms with E-state index in [0.29, 0.717) is 22.1 Å². The van der Waals surface area contributed by atoms with Gasteiger partial charge in [0.15, 0.2) is 11.5 Å². The third kappa shape index (κ3) is 3.26. The summed E-state index contributed by atoms with van der Waals surface area (Å²) in [5, 5.41) is 0.392. The largest absolute Gasteiger partial charge is 0.493 e. The van der Waals surface area contributed by atoms with Gasteiger partial charge in [-0.1, -0.05) is 23.7 Å². The van der Waals surface area contributed by atoms with Crippen LogP contribution in [0.15, 0.2) is 36.4 Å². The summed E-state index contributed by atoms with van der Waals surface area (Å²) in [5.41, 5.74) is 4.08. The second-order valence-corrected chi connectivity index (χ2v) is 4.80. The Morgan fingerprint density at radius 3 is 2.48 bits per heavy atom. The smallest absolute Gasteiger partial charge is 0.179 e. The van der Waals surface area contributed by atoms with Crippen molar-refractivity contribution in [3.63, 3.8) is 0 Å². The Labute approximate surface area is 127 Å². The molecule has 2 aromatic rings. The molecule has 4 nitrogen and oxygen atoms in total. The van der Waals surface area contributed by atoms with E-state index in [1.165, 1.54) is 26.4 Å². The SMILES string of the molecule is COc1cc(C(NN)c2cccc(F)c2)cc(Cl)c1OC. The lowest BCUT2D eigenvalue weighted by atomic mass is 9.98. The second kappa shape index (κ2) is 6.76. The molecule has 0 aliphatic carbocycles. The van der Waals surface area contributed by atoms with Gasteiger partial charge in [-0.3, -0.25) is 5.84 Å². The van der Waals surface area contributed by atoms with E-state index in [2.05, 4.69) is 5.43 Å². The summed E-state index contributed by atoms with van der Waals surface area (Å²) in [6.07, 6.45) is 0. The molecule has 0 amide bonds. The standard InChI is InChI=1S/C15H16ClFN2O2/c1-20-13-8-10(7-12(16)15(13)21-2)14(19-18)9-4-3-5-11(17)6-9/h3-8,14,19H,18H2,1-2H3. The summed E-state index contributed by atoms with van der Waals surface area (Å²) in [6, 6.07) is 9.22. The van der Waals surface area contributed by atoms with Crippen LogP contribution in [0.5, 0.6) is 11.5 Å². The fourth-order valence-corrected chi connectivity index (χ4v) is 2.47. The van der Waals surface area contributed by atoms with Crippen LogP contribution in [0.2, 0.25) is 5.02 Å². The van der Waals surface area contributed by atoms with Gasteiger partial charge >= 0.3 is 0 Å². The molecule has 0 radical (unpaired) electrons. The van der Waals surface area contributed by atoms with Crippen LogP contribution in [0, 0.1) is 5.82 Å². The van der Waals surface area contributed by atoms with Crippen molar-refractivity contribution in [2.24, 2.45) is 5.84 Å². The highest BCUT2D eigenvalue weighted by Crippen LogP contribution is 2.38. The van der Waals surface area contributed by atoms with Crippen LogP contribution < -0.4 is 20.7 Å². The molecule has 112 valence electrons. The molecule has 0 saturated carbocycles. The molecule has 0 spiro atoms. The van der Waals surface area contributed by atoms with Gasteiger partial charge in [-0.2, -0.15) is 0 Å². The van der Waals surface area contributed by atoms with Gasteiger partial charge in [-0.15, -0.1) is 0 Å². The molecule has 0 aliphatic heterocycles. The molecular formula is C15H16ClFN2O2. The van der Waals surface area contributed by atoms with Crippen molar-refractivity contribution >= 4 is 11.6 Å². The van der Waals surface area contributed by atoms with Gasteiger partial charge in [0.1, 0.15) is 5.82 Å². The quantitative estimate of drug-likeness (QED) is 0.658. The predicted molar refractivity (Wildman–Crippen MR) is 80.1 cm³/mol. The first kappa shape index (κ1) is 15.6. The molecule has 6 heteroatoms. The number of nitrogens with one attached hydrogen (secondary N) is 1. The normalized spacial score (nSPS) is 12.0. The van der Waals surface area contributed by atoms with Gasteiger partial charge in [0, 0.05) is 0 Å². The molecule has 3 N–H and O–H groups in total. The van der Waals surface area contributed by atoms with E-state index in [0.717, 1.165) is 5.56 Å². The van der Waals surface area contributed by atoms with Crippen LogP contribution in [0.1, 0.15) is 17.2 Å². The highest BCUT2D eigenvalue weighted by Gasteiger charge is 2.18. The summed E-state index contributed by atoms with van der Waals surface area (Å²) in [6.45, 7) is 0. The number of hydrogen-bond donors (Lipinski definition) is 2. The van der Waals surface area contributed by atoms with Crippen LogP contribution in [0.25, 0.3) is 0 Å². The third-order valence-electron chi connectivity index (χ3n) is 3.14. The fraction of sp³-hybridized carbons (Fsp3) is 0.200. The van der Waals surface area contributed by atoms with Crippen LogP contribution in [-0.2, 0) is 0 Å². The van der Waals surface area contributed by atoms with Crippen molar-refractivity contribution in [1.82, 2.24) is 5.43 Å². The molecule has 0 heterocycles. The number of nitrogens with two attached hydrogens (primary N) is 1. The number of hydrogen-bond acceptors (Lipinski definition) is 4. The number of ether oxygens (including phenoxy) is 2. The molecule has 0 aromatic heterocycles. The van der Waals surface area contributed by atoms with Gasteiger partial charge in [-0.05, 0) is 35.4 Å². The van der Waals surface area contributed by atoms with Crippen LogP contribution >= 0.6 is 11.6 Å². The molecule has 2 aromatic carbocycles. The maximum Gasteiger partial charge on any atom is 0.179 e. The van der Waals surface area contributed by atoms with Crippen molar-refractivity contribution < 1.29 is 13.9 Å². The van der Waals surface area contributed by atoms with Crippen LogP contribution in [-0.4, -0.2) is 14.2 Å². The molecule has 21 heavy (non-hydrogen) atoms. The molecule has 1 unspecified atom stereocenters. The molecule has 2 rings (SSSR count). The lowest BCUT2D eigenvalue weighted by Crippen LogP contribution is -2.29. The minimum absolute atomic E-state index is 0.334. The minimum atomic E-state index is -0.419. The maximum absolute atomic E-state index is 13.4. The Morgan fingerprint density at radius 2 is 1.90 bits per heavy atom. The zero-order valence-electron chi connectivity index (χ0n) is 11.7. The molecule has 0 bridgehead atoms. The molecule has 0 aliphatic rings. The van der Waals surface area contributed by atoms with Gasteiger partial charge in [0.2, 0.25) is 0 Å². The van der Waals surface area contributed by atoms with E-state index < -0.39 is 6.04 Å². The van der Waals surface area contributed by atoms with E-state index in [1.54, 1.807) is 24.3 Å². The minimum Gasteiger partial charge on any atom is -0.493 e.